The first kappa shape index (κ1) is 27.1. The smallest absolute Gasteiger partial charge is 0.321 e. The van der Waals surface area contributed by atoms with Gasteiger partial charge < -0.3 is 15.2 Å². The summed E-state index contributed by atoms with van der Waals surface area (Å²) in [5, 5.41) is 15.9. The number of thiazole rings is 1. The number of aliphatic hydroxyl groups is 1. The Bertz CT molecular complexity index is 1450. The van der Waals surface area contributed by atoms with E-state index in [0.717, 1.165) is 57.8 Å². The second-order valence-corrected chi connectivity index (χ2v) is 10.9. The molecule has 204 valence electrons. The van der Waals surface area contributed by atoms with Crippen LogP contribution < -0.4 is 10.6 Å². The molecule has 0 bridgehead atoms. The lowest BCUT2D eigenvalue weighted by Gasteiger charge is -2.35. The van der Waals surface area contributed by atoms with Crippen LogP contribution >= 0.6 is 11.3 Å². The van der Waals surface area contributed by atoms with E-state index in [0.29, 0.717) is 17.5 Å². The average molecular weight is 548 g/mol. The SMILES string of the molecule is CCNC(=O)Nc1nc2cc(-c3cnc([C@H](C)O)nc3)cc(-c3cc(CN4C[C@@H](C)O[C@@H](C)C4)ccn3)c2s1. The monoisotopic (exact) mass is 547 g/mol. The zero-order valence-electron chi connectivity index (χ0n) is 22.5. The first-order valence-corrected chi connectivity index (χ1v) is 13.9. The first-order chi connectivity index (χ1) is 18.8. The highest BCUT2D eigenvalue weighted by molar-refractivity contribution is 7.22. The number of anilines is 1. The van der Waals surface area contributed by atoms with Crippen molar-refractivity contribution in [1.29, 1.82) is 0 Å². The van der Waals surface area contributed by atoms with Crippen LogP contribution in [0.5, 0.6) is 0 Å². The number of rotatable bonds is 7. The summed E-state index contributed by atoms with van der Waals surface area (Å²) in [6, 6.07) is 7.89. The molecular formula is C28H33N7O3S. The van der Waals surface area contributed by atoms with Gasteiger partial charge in [-0.2, -0.15) is 0 Å². The van der Waals surface area contributed by atoms with Crippen LogP contribution in [0.3, 0.4) is 0 Å². The molecule has 3 aromatic heterocycles. The van der Waals surface area contributed by atoms with E-state index in [2.05, 4.69) is 51.5 Å². The number of carbonyl (C=O) groups excluding carboxylic acids is 1. The highest BCUT2D eigenvalue weighted by atomic mass is 32.1. The number of carbonyl (C=O) groups is 1. The molecule has 0 aliphatic carbocycles. The van der Waals surface area contributed by atoms with Crippen molar-refractivity contribution in [3.8, 4) is 22.4 Å². The number of morpholine rings is 1. The maximum absolute atomic E-state index is 12.2. The summed E-state index contributed by atoms with van der Waals surface area (Å²) in [6.45, 7) is 10.8. The van der Waals surface area contributed by atoms with Crippen LogP contribution in [0.4, 0.5) is 9.93 Å². The van der Waals surface area contributed by atoms with E-state index in [4.69, 9.17) is 14.7 Å². The van der Waals surface area contributed by atoms with Crippen LogP contribution in [-0.2, 0) is 11.3 Å². The van der Waals surface area contributed by atoms with Crippen LogP contribution in [-0.4, -0.2) is 67.8 Å². The molecule has 4 aromatic rings. The van der Waals surface area contributed by atoms with Crippen LogP contribution in [0, 0.1) is 0 Å². The predicted octanol–water partition coefficient (Wildman–Crippen LogP) is 4.62. The van der Waals surface area contributed by atoms with Crippen molar-refractivity contribution in [2.45, 2.75) is 52.6 Å². The Balaban J connectivity index is 1.54. The summed E-state index contributed by atoms with van der Waals surface area (Å²) in [5.74, 6) is 0.364. The third-order valence-electron chi connectivity index (χ3n) is 6.43. The van der Waals surface area contributed by atoms with Crippen molar-refractivity contribution in [2.24, 2.45) is 0 Å². The number of aliphatic hydroxyl groups excluding tert-OH is 1. The Kier molecular flexibility index (Phi) is 8.12. The lowest BCUT2D eigenvalue weighted by molar-refractivity contribution is -0.0704. The largest absolute Gasteiger partial charge is 0.385 e. The molecule has 1 saturated heterocycles. The molecule has 4 heterocycles. The quantitative estimate of drug-likeness (QED) is 0.306. The van der Waals surface area contributed by atoms with Crippen molar-refractivity contribution in [2.75, 3.05) is 25.0 Å². The summed E-state index contributed by atoms with van der Waals surface area (Å²) in [4.78, 5) is 32.7. The van der Waals surface area contributed by atoms with Crippen molar-refractivity contribution in [3.63, 3.8) is 0 Å². The minimum absolute atomic E-state index is 0.196. The van der Waals surface area contributed by atoms with Gasteiger partial charge in [-0.3, -0.25) is 15.2 Å². The van der Waals surface area contributed by atoms with Crippen LogP contribution in [0.15, 0.2) is 42.9 Å². The van der Waals surface area contributed by atoms with E-state index < -0.39 is 6.10 Å². The van der Waals surface area contributed by atoms with Crippen molar-refractivity contribution in [3.05, 3.63) is 54.2 Å². The molecule has 39 heavy (non-hydrogen) atoms. The second-order valence-electron chi connectivity index (χ2n) is 9.88. The number of aromatic nitrogens is 4. The van der Waals surface area contributed by atoms with Gasteiger partial charge in [-0.25, -0.2) is 19.7 Å². The van der Waals surface area contributed by atoms with Gasteiger partial charge in [0.2, 0.25) is 0 Å². The fourth-order valence-electron chi connectivity index (χ4n) is 4.84. The second kappa shape index (κ2) is 11.7. The number of amides is 2. The number of ether oxygens (including phenoxy) is 1. The molecule has 1 aliphatic heterocycles. The average Bonchev–Trinajstić information content (AvgIpc) is 3.30. The summed E-state index contributed by atoms with van der Waals surface area (Å²) in [5.41, 5.74) is 5.29. The fourth-order valence-corrected chi connectivity index (χ4v) is 5.80. The van der Waals surface area contributed by atoms with E-state index in [1.165, 1.54) is 11.3 Å². The van der Waals surface area contributed by atoms with E-state index in [1.807, 2.05) is 25.3 Å². The number of benzene rings is 1. The molecule has 3 N–H and O–H groups in total. The van der Waals surface area contributed by atoms with Gasteiger partial charge in [0.1, 0.15) is 6.10 Å². The van der Waals surface area contributed by atoms with Gasteiger partial charge in [-0.15, -0.1) is 0 Å². The molecule has 11 heteroatoms. The molecule has 0 radical (unpaired) electrons. The van der Waals surface area contributed by atoms with Gasteiger partial charge >= 0.3 is 6.03 Å². The number of fused-ring (bicyclic) bond motifs is 1. The lowest BCUT2D eigenvalue weighted by Crippen LogP contribution is -2.44. The molecule has 2 amide bonds. The molecule has 5 rings (SSSR count). The third-order valence-corrected chi connectivity index (χ3v) is 7.45. The maximum Gasteiger partial charge on any atom is 0.321 e. The van der Waals surface area contributed by atoms with Crippen molar-refractivity contribution in [1.82, 2.24) is 30.2 Å². The maximum atomic E-state index is 12.2. The molecule has 0 spiro atoms. The Labute approximate surface area is 231 Å². The topological polar surface area (TPSA) is 125 Å². The van der Waals surface area contributed by atoms with E-state index in [-0.39, 0.29) is 18.2 Å². The van der Waals surface area contributed by atoms with Crippen molar-refractivity contribution < 1.29 is 14.6 Å². The van der Waals surface area contributed by atoms with Crippen LogP contribution in [0.25, 0.3) is 32.6 Å². The molecule has 1 aromatic carbocycles. The van der Waals surface area contributed by atoms with Crippen LogP contribution in [0.1, 0.15) is 45.2 Å². The normalized spacial score (nSPS) is 18.7. The number of urea groups is 1. The summed E-state index contributed by atoms with van der Waals surface area (Å²) in [7, 11) is 0. The molecule has 3 atom stereocenters. The van der Waals surface area contributed by atoms with E-state index in [9.17, 15) is 9.90 Å². The molecule has 1 aliphatic rings. The zero-order valence-corrected chi connectivity index (χ0v) is 23.3. The van der Waals surface area contributed by atoms with Gasteiger partial charge in [0.05, 0.1) is 28.1 Å². The van der Waals surface area contributed by atoms with E-state index >= 15 is 0 Å². The Hall–Kier alpha value is -3.51. The Morgan fingerprint density at radius 1 is 1.15 bits per heavy atom. The highest BCUT2D eigenvalue weighted by Crippen LogP contribution is 2.38. The highest BCUT2D eigenvalue weighted by Gasteiger charge is 2.22. The van der Waals surface area contributed by atoms with Gasteiger partial charge in [-0.05, 0) is 63.1 Å². The fraction of sp³-hybridized carbons (Fsp3) is 0.393. The molecule has 10 nitrogen and oxygen atoms in total. The van der Waals surface area contributed by atoms with Crippen LogP contribution in [0.2, 0.25) is 0 Å². The standard InChI is InChI=1S/C28H33N7O3S/c1-5-29-27(37)34-28-33-24-10-20(21-11-31-26(18(4)36)32-12-21)9-22(25(24)39-28)23-8-19(6-7-30-23)15-35-13-16(2)38-17(3)14-35/h6-12,16-18,36H,5,13-15H2,1-4H3,(H2,29,33,34,37)/t16-,17+,18-/m0/s1. The lowest BCUT2D eigenvalue weighted by atomic mass is 10.0. The van der Waals surface area contributed by atoms with Gasteiger partial charge in [0, 0.05) is 55.9 Å². The number of pyridine rings is 1. The summed E-state index contributed by atoms with van der Waals surface area (Å²) >= 11 is 1.41. The molecular weight excluding hydrogens is 514 g/mol. The minimum atomic E-state index is -0.747. The first-order valence-electron chi connectivity index (χ1n) is 13.1. The third kappa shape index (κ3) is 6.39. The Morgan fingerprint density at radius 3 is 2.59 bits per heavy atom. The van der Waals surface area contributed by atoms with Crippen molar-refractivity contribution >= 4 is 32.7 Å². The number of nitrogens with zero attached hydrogens (tertiary/aromatic N) is 5. The van der Waals surface area contributed by atoms with Gasteiger partial charge in [0.15, 0.2) is 11.0 Å². The van der Waals surface area contributed by atoms with Gasteiger partial charge in [0.25, 0.3) is 0 Å². The predicted molar refractivity (Wildman–Crippen MR) is 152 cm³/mol. The number of hydrogen-bond acceptors (Lipinski definition) is 9. The number of nitrogens with one attached hydrogen (secondary N) is 2. The minimum Gasteiger partial charge on any atom is -0.385 e. The number of hydrogen-bond donors (Lipinski definition) is 3. The van der Waals surface area contributed by atoms with Gasteiger partial charge in [-0.1, -0.05) is 11.3 Å². The van der Waals surface area contributed by atoms with E-state index in [1.54, 1.807) is 19.3 Å². The summed E-state index contributed by atoms with van der Waals surface area (Å²) in [6.07, 6.45) is 4.88. The summed E-state index contributed by atoms with van der Waals surface area (Å²) < 4.78 is 6.82. The zero-order chi connectivity index (χ0) is 27.5. The Morgan fingerprint density at radius 2 is 1.90 bits per heavy atom. The molecule has 0 saturated carbocycles. The molecule has 1 fully saturated rings. The molecule has 0 unspecified atom stereocenters.